The minimum absolute atomic E-state index is 0.104. The minimum Gasteiger partial charge on any atom is -0.325 e. The smallest absolute Gasteiger partial charge is 0.119 e. The molecule has 0 rings (SSSR count). The first kappa shape index (κ1) is 14.9. The van der Waals surface area contributed by atoms with Crippen LogP contribution < -0.4 is 0 Å². The molecule has 0 N–H and O–H groups in total. The summed E-state index contributed by atoms with van der Waals surface area (Å²) in [4.78, 5) is 0. The summed E-state index contributed by atoms with van der Waals surface area (Å²) in [6.07, 6.45) is 6.49. The molecule has 2 heteroatoms. The highest BCUT2D eigenvalue weighted by Gasteiger charge is 2.01. The van der Waals surface area contributed by atoms with Gasteiger partial charge in [-0.25, -0.2) is 0 Å². The van der Waals surface area contributed by atoms with Gasteiger partial charge in [0.2, 0.25) is 0 Å². The Hall–Kier alpha value is -0.0831. The molecule has 0 unspecified atom stereocenters. The van der Waals surface area contributed by atoms with E-state index in [-0.39, 0.29) is 9.68 Å². The van der Waals surface area contributed by atoms with E-state index < -0.39 is 0 Å². The largest absolute Gasteiger partial charge is 0.325 e. The van der Waals surface area contributed by atoms with Crippen LogP contribution >= 0.6 is 0 Å². The molecule has 0 aromatic heterocycles. The number of unbranched alkanes of at least 4 members (excludes halogenated alkanes) is 1. The SMILES string of the molecule is CCCCN(CCC)[SiH2]C=C(CC)CC. The third-order valence-electron chi connectivity index (χ3n) is 2.91. The second kappa shape index (κ2) is 10.4. The molecule has 0 spiro atoms. The fourth-order valence-electron chi connectivity index (χ4n) is 1.79. The zero-order chi connectivity index (χ0) is 11.5. The predicted octanol–water partition coefficient (Wildman–Crippen LogP) is 3.29. The molecule has 0 aliphatic carbocycles. The Bertz CT molecular complexity index is 160. The van der Waals surface area contributed by atoms with Crippen LogP contribution in [0.1, 0.15) is 59.8 Å². The number of nitrogens with zero attached hydrogens (tertiary/aromatic N) is 1. The van der Waals surface area contributed by atoms with Crippen molar-refractivity contribution in [3.05, 3.63) is 11.3 Å². The van der Waals surface area contributed by atoms with Crippen LogP contribution in [0, 0.1) is 0 Å². The van der Waals surface area contributed by atoms with Crippen molar-refractivity contribution in [2.45, 2.75) is 59.8 Å². The summed E-state index contributed by atoms with van der Waals surface area (Å²) in [6, 6.07) is 0. The summed E-state index contributed by atoms with van der Waals surface area (Å²) in [7, 11) is -0.104. The van der Waals surface area contributed by atoms with Gasteiger partial charge in [-0.3, -0.25) is 0 Å². The summed E-state index contributed by atoms with van der Waals surface area (Å²) in [5.74, 6) is 0. The van der Waals surface area contributed by atoms with Crippen LogP contribution in [0.5, 0.6) is 0 Å². The van der Waals surface area contributed by atoms with Crippen LogP contribution in [-0.4, -0.2) is 27.3 Å². The highest BCUT2D eigenvalue weighted by atomic mass is 28.2. The Balaban J connectivity index is 3.97. The third-order valence-corrected chi connectivity index (χ3v) is 4.82. The zero-order valence-electron chi connectivity index (χ0n) is 11.2. The van der Waals surface area contributed by atoms with E-state index in [4.69, 9.17) is 0 Å². The van der Waals surface area contributed by atoms with Gasteiger partial charge in [0.25, 0.3) is 0 Å². The van der Waals surface area contributed by atoms with Crippen molar-refractivity contribution >= 4 is 9.68 Å². The second-order valence-electron chi connectivity index (χ2n) is 4.22. The highest BCUT2D eigenvalue weighted by Crippen LogP contribution is 2.05. The average molecular weight is 227 g/mol. The van der Waals surface area contributed by atoms with Crippen LogP contribution in [0.15, 0.2) is 11.3 Å². The first-order valence-electron chi connectivity index (χ1n) is 6.68. The van der Waals surface area contributed by atoms with Crippen LogP contribution in [0.3, 0.4) is 0 Å². The molecule has 0 aliphatic heterocycles. The van der Waals surface area contributed by atoms with Gasteiger partial charge < -0.3 is 4.57 Å². The van der Waals surface area contributed by atoms with Crippen molar-refractivity contribution in [1.82, 2.24) is 4.57 Å². The van der Waals surface area contributed by atoms with Crippen LogP contribution in [0.2, 0.25) is 0 Å². The molecule has 90 valence electrons. The van der Waals surface area contributed by atoms with Gasteiger partial charge in [0.05, 0.1) is 0 Å². The molecule has 0 aromatic rings. The second-order valence-corrected chi connectivity index (χ2v) is 5.89. The molecule has 0 radical (unpaired) electrons. The maximum atomic E-state index is 2.72. The van der Waals surface area contributed by atoms with Gasteiger partial charge in [0.1, 0.15) is 9.68 Å². The molecule has 0 saturated heterocycles. The van der Waals surface area contributed by atoms with Gasteiger partial charge in [-0.15, -0.1) is 0 Å². The molecule has 0 atom stereocenters. The van der Waals surface area contributed by atoms with E-state index in [1.165, 1.54) is 45.2 Å². The molecule has 0 aliphatic rings. The lowest BCUT2D eigenvalue weighted by Crippen LogP contribution is -2.29. The Morgan fingerprint density at radius 2 is 1.67 bits per heavy atom. The lowest BCUT2D eigenvalue weighted by atomic mass is 10.2. The summed E-state index contributed by atoms with van der Waals surface area (Å²) in [5.41, 5.74) is 4.24. The van der Waals surface area contributed by atoms with Crippen LogP contribution in [0.4, 0.5) is 0 Å². The molecule has 0 saturated carbocycles. The third kappa shape index (κ3) is 7.80. The van der Waals surface area contributed by atoms with Gasteiger partial charge in [-0.05, 0) is 38.8 Å². The van der Waals surface area contributed by atoms with Crippen LogP contribution in [0.25, 0.3) is 0 Å². The molecule has 0 bridgehead atoms. The van der Waals surface area contributed by atoms with Crippen molar-refractivity contribution in [2.24, 2.45) is 0 Å². The lowest BCUT2D eigenvalue weighted by Gasteiger charge is -2.19. The summed E-state index contributed by atoms with van der Waals surface area (Å²) < 4.78 is 2.72. The van der Waals surface area contributed by atoms with E-state index >= 15 is 0 Å². The zero-order valence-corrected chi connectivity index (χ0v) is 12.6. The first-order chi connectivity index (χ1) is 7.28. The number of hydrogen-bond acceptors (Lipinski definition) is 1. The standard InChI is InChI=1S/C13H29NSi/c1-5-9-11-14(10-6-2)15-12-13(7-3)8-4/h12H,5-11,15H2,1-4H3. The molecule has 0 aromatic carbocycles. The Kier molecular flexibility index (Phi) is 10.4. The topological polar surface area (TPSA) is 3.24 Å². The van der Waals surface area contributed by atoms with Gasteiger partial charge in [0, 0.05) is 0 Å². The van der Waals surface area contributed by atoms with Crippen LogP contribution in [-0.2, 0) is 0 Å². The molecule has 0 heterocycles. The van der Waals surface area contributed by atoms with E-state index in [1.54, 1.807) is 5.57 Å². The van der Waals surface area contributed by atoms with Crippen molar-refractivity contribution in [2.75, 3.05) is 13.1 Å². The van der Waals surface area contributed by atoms with E-state index in [9.17, 15) is 0 Å². The Morgan fingerprint density at radius 1 is 1.00 bits per heavy atom. The molecular weight excluding hydrogens is 198 g/mol. The summed E-state index contributed by atoms with van der Waals surface area (Å²) in [5, 5.41) is 0. The molecular formula is C13H29NSi. The summed E-state index contributed by atoms with van der Waals surface area (Å²) >= 11 is 0. The van der Waals surface area contributed by atoms with E-state index in [0.717, 1.165) is 0 Å². The van der Waals surface area contributed by atoms with E-state index in [1.807, 2.05) is 0 Å². The molecule has 0 fully saturated rings. The number of hydrogen-bond donors (Lipinski definition) is 0. The quantitative estimate of drug-likeness (QED) is 0.546. The maximum Gasteiger partial charge on any atom is 0.119 e. The Labute approximate surface area is 98.8 Å². The van der Waals surface area contributed by atoms with Crippen molar-refractivity contribution in [3.8, 4) is 0 Å². The van der Waals surface area contributed by atoms with Crippen molar-refractivity contribution < 1.29 is 0 Å². The van der Waals surface area contributed by atoms with E-state index in [0.29, 0.717) is 0 Å². The van der Waals surface area contributed by atoms with Gasteiger partial charge in [-0.1, -0.05) is 45.4 Å². The number of rotatable bonds is 9. The number of allylic oxidation sites excluding steroid dienone is 1. The van der Waals surface area contributed by atoms with Gasteiger partial charge in [0.15, 0.2) is 0 Å². The van der Waals surface area contributed by atoms with Crippen molar-refractivity contribution in [1.29, 1.82) is 0 Å². The molecule has 1 nitrogen and oxygen atoms in total. The van der Waals surface area contributed by atoms with E-state index in [2.05, 4.69) is 38.0 Å². The first-order valence-corrected chi connectivity index (χ1v) is 8.13. The predicted molar refractivity (Wildman–Crippen MR) is 74.0 cm³/mol. The minimum atomic E-state index is -0.104. The Morgan fingerprint density at radius 3 is 2.13 bits per heavy atom. The highest BCUT2D eigenvalue weighted by molar-refractivity contribution is 6.39. The fourth-order valence-corrected chi connectivity index (χ4v) is 3.79. The van der Waals surface area contributed by atoms with Gasteiger partial charge >= 0.3 is 0 Å². The fraction of sp³-hybridized carbons (Fsp3) is 0.846. The maximum absolute atomic E-state index is 2.72. The summed E-state index contributed by atoms with van der Waals surface area (Å²) in [6.45, 7) is 11.8. The lowest BCUT2D eigenvalue weighted by molar-refractivity contribution is 0.433. The van der Waals surface area contributed by atoms with Gasteiger partial charge in [-0.2, -0.15) is 0 Å². The normalized spacial score (nSPS) is 11.5. The average Bonchev–Trinajstić information content (AvgIpc) is 2.27. The molecule has 15 heavy (non-hydrogen) atoms. The van der Waals surface area contributed by atoms with Crippen molar-refractivity contribution in [3.63, 3.8) is 0 Å². The molecule has 0 amide bonds. The monoisotopic (exact) mass is 227 g/mol.